The standard InChI is InChI=1S/C15H18BrNO2/c1-9-3-6-13(19-9)15(16)10-4-5-12-11(7-10)8-14(18)17(12)2/h4-5,7,9,13,15H,3,6,8H2,1-2H3. The summed E-state index contributed by atoms with van der Waals surface area (Å²) in [6.07, 6.45) is 3.32. The van der Waals surface area contributed by atoms with Gasteiger partial charge in [-0.05, 0) is 37.0 Å². The number of anilines is 1. The first kappa shape index (κ1) is 13.1. The van der Waals surface area contributed by atoms with Crippen LogP contribution in [0.5, 0.6) is 0 Å². The molecule has 1 fully saturated rings. The van der Waals surface area contributed by atoms with Gasteiger partial charge < -0.3 is 9.64 Å². The van der Waals surface area contributed by atoms with Crippen LogP contribution in [-0.4, -0.2) is 25.2 Å². The lowest BCUT2D eigenvalue weighted by Gasteiger charge is -2.19. The minimum Gasteiger partial charge on any atom is -0.374 e. The highest BCUT2D eigenvalue weighted by molar-refractivity contribution is 9.09. The van der Waals surface area contributed by atoms with Gasteiger partial charge in [0.05, 0.1) is 23.5 Å². The number of hydrogen-bond donors (Lipinski definition) is 0. The molecule has 1 saturated heterocycles. The van der Waals surface area contributed by atoms with Crippen LogP contribution < -0.4 is 4.90 Å². The van der Waals surface area contributed by atoms with E-state index in [4.69, 9.17) is 4.74 Å². The van der Waals surface area contributed by atoms with Crippen molar-refractivity contribution in [2.45, 2.75) is 43.2 Å². The molecule has 3 nitrogen and oxygen atoms in total. The number of alkyl halides is 1. The number of nitrogens with zero attached hydrogens (tertiary/aromatic N) is 1. The molecule has 0 N–H and O–H groups in total. The smallest absolute Gasteiger partial charge is 0.231 e. The average molecular weight is 324 g/mol. The van der Waals surface area contributed by atoms with E-state index in [2.05, 4.69) is 35.0 Å². The Labute approximate surface area is 122 Å². The Morgan fingerprint density at radius 1 is 1.42 bits per heavy atom. The van der Waals surface area contributed by atoms with Crippen molar-refractivity contribution in [2.24, 2.45) is 0 Å². The highest BCUT2D eigenvalue weighted by Crippen LogP contribution is 2.38. The highest BCUT2D eigenvalue weighted by atomic mass is 79.9. The van der Waals surface area contributed by atoms with Crippen LogP contribution >= 0.6 is 15.9 Å². The zero-order valence-corrected chi connectivity index (χ0v) is 12.8. The number of fused-ring (bicyclic) bond motifs is 1. The third-order valence-electron chi connectivity index (χ3n) is 4.09. The van der Waals surface area contributed by atoms with Gasteiger partial charge in [-0.15, -0.1) is 0 Å². The zero-order chi connectivity index (χ0) is 13.6. The summed E-state index contributed by atoms with van der Waals surface area (Å²) in [5.74, 6) is 0.170. The number of halogens is 1. The molecule has 4 heteroatoms. The molecule has 2 heterocycles. The Balaban J connectivity index is 1.83. The molecule has 19 heavy (non-hydrogen) atoms. The van der Waals surface area contributed by atoms with Crippen LogP contribution in [0.4, 0.5) is 5.69 Å². The van der Waals surface area contributed by atoms with Gasteiger partial charge in [-0.25, -0.2) is 0 Å². The maximum absolute atomic E-state index is 11.7. The van der Waals surface area contributed by atoms with Crippen molar-refractivity contribution in [1.82, 2.24) is 0 Å². The Morgan fingerprint density at radius 2 is 2.21 bits per heavy atom. The molecule has 1 aromatic rings. The van der Waals surface area contributed by atoms with Gasteiger partial charge in [-0.1, -0.05) is 28.1 Å². The number of hydrogen-bond acceptors (Lipinski definition) is 2. The van der Waals surface area contributed by atoms with Gasteiger partial charge in [-0.2, -0.15) is 0 Å². The van der Waals surface area contributed by atoms with Crippen molar-refractivity contribution < 1.29 is 9.53 Å². The molecular formula is C15H18BrNO2. The van der Waals surface area contributed by atoms with Crippen LogP contribution in [0.15, 0.2) is 18.2 Å². The second kappa shape index (κ2) is 4.91. The first-order chi connectivity index (χ1) is 9.06. The quantitative estimate of drug-likeness (QED) is 0.782. The molecule has 3 unspecified atom stereocenters. The lowest BCUT2D eigenvalue weighted by Crippen LogP contribution is -2.20. The van der Waals surface area contributed by atoms with Crippen molar-refractivity contribution in [3.8, 4) is 0 Å². The molecule has 3 rings (SSSR count). The second-order valence-corrected chi connectivity index (χ2v) is 6.47. The van der Waals surface area contributed by atoms with Crippen LogP contribution in [0.2, 0.25) is 0 Å². The fourth-order valence-corrected chi connectivity index (χ4v) is 3.60. The van der Waals surface area contributed by atoms with E-state index in [1.807, 2.05) is 13.1 Å². The van der Waals surface area contributed by atoms with Crippen molar-refractivity contribution in [2.75, 3.05) is 11.9 Å². The first-order valence-corrected chi connectivity index (χ1v) is 7.66. The van der Waals surface area contributed by atoms with Crippen molar-refractivity contribution in [3.05, 3.63) is 29.3 Å². The number of amides is 1. The van der Waals surface area contributed by atoms with E-state index in [9.17, 15) is 4.79 Å². The molecule has 0 aromatic heterocycles. The average Bonchev–Trinajstić information content (AvgIpc) is 2.94. The molecule has 102 valence electrons. The first-order valence-electron chi connectivity index (χ1n) is 6.75. The number of ether oxygens (including phenoxy) is 1. The summed E-state index contributed by atoms with van der Waals surface area (Å²) < 4.78 is 5.91. The number of carbonyl (C=O) groups excluding carboxylic acids is 1. The summed E-state index contributed by atoms with van der Waals surface area (Å²) in [5, 5.41) is 0. The Hall–Kier alpha value is -0.870. The van der Waals surface area contributed by atoms with E-state index in [1.54, 1.807) is 4.90 Å². The second-order valence-electron chi connectivity index (χ2n) is 5.48. The molecule has 1 aromatic carbocycles. The van der Waals surface area contributed by atoms with E-state index in [0.29, 0.717) is 12.5 Å². The molecule has 0 radical (unpaired) electrons. The van der Waals surface area contributed by atoms with E-state index in [-0.39, 0.29) is 16.8 Å². The molecular weight excluding hydrogens is 306 g/mol. The SMILES string of the molecule is CC1CCC(C(Br)c2ccc3c(c2)CC(=O)N3C)O1. The van der Waals surface area contributed by atoms with Gasteiger partial charge >= 0.3 is 0 Å². The molecule has 2 aliphatic heterocycles. The monoisotopic (exact) mass is 323 g/mol. The fraction of sp³-hybridized carbons (Fsp3) is 0.533. The minimum atomic E-state index is 0.170. The summed E-state index contributed by atoms with van der Waals surface area (Å²) in [6.45, 7) is 2.12. The van der Waals surface area contributed by atoms with E-state index in [0.717, 1.165) is 24.1 Å². The summed E-state index contributed by atoms with van der Waals surface area (Å²) in [7, 11) is 1.83. The Morgan fingerprint density at radius 3 is 2.89 bits per heavy atom. The number of benzene rings is 1. The fourth-order valence-electron chi connectivity index (χ4n) is 2.93. The number of likely N-dealkylation sites (N-methyl/N-ethyl adjacent to an activating group) is 1. The van der Waals surface area contributed by atoms with Gasteiger partial charge in [0.25, 0.3) is 0 Å². The largest absolute Gasteiger partial charge is 0.374 e. The third kappa shape index (κ3) is 2.32. The summed E-state index contributed by atoms with van der Waals surface area (Å²) in [4.78, 5) is 13.6. The third-order valence-corrected chi connectivity index (χ3v) is 5.21. The molecule has 3 atom stereocenters. The minimum absolute atomic E-state index is 0.170. The van der Waals surface area contributed by atoms with Gasteiger partial charge in [0.1, 0.15) is 0 Å². The van der Waals surface area contributed by atoms with Crippen LogP contribution in [0.3, 0.4) is 0 Å². The number of rotatable bonds is 2. The zero-order valence-electron chi connectivity index (χ0n) is 11.2. The molecule has 0 spiro atoms. The van der Waals surface area contributed by atoms with E-state index >= 15 is 0 Å². The van der Waals surface area contributed by atoms with Crippen LogP contribution in [0.1, 0.15) is 35.7 Å². The van der Waals surface area contributed by atoms with Crippen LogP contribution in [0.25, 0.3) is 0 Å². The lowest BCUT2D eigenvalue weighted by atomic mass is 10.0. The summed E-state index contributed by atoms with van der Waals surface area (Å²) in [6, 6.07) is 6.28. The summed E-state index contributed by atoms with van der Waals surface area (Å²) in [5.41, 5.74) is 3.37. The maximum atomic E-state index is 11.7. The lowest BCUT2D eigenvalue weighted by molar-refractivity contribution is -0.117. The van der Waals surface area contributed by atoms with Gasteiger partial charge in [0.2, 0.25) is 5.91 Å². The molecule has 0 saturated carbocycles. The van der Waals surface area contributed by atoms with Crippen molar-refractivity contribution >= 4 is 27.5 Å². The van der Waals surface area contributed by atoms with Crippen LogP contribution in [-0.2, 0) is 16.0 Å². The Bertz CT molecular complexity index is 517. The summed E-state index contributed by atoms with van der Waals surface area (Å²) >= 11 is 3.76. The van der Waals surface area contributed by atoms with E-state index in [1.165, 1.54) is 5.56 Å². The topological polar surface area (TPSA) is 29.5 Å². The molecule has 2 aliphatic rings. The van der Waals surface area contributed by atoms with E-state index < -0.39 is 0 Å². The van der Waals surface area contributed by atoms with Gasteiger partial charge in [0.15, 0.2) is 0 Å². The molecule has 0 bridgehead atoms. The van der Waals surface area contributed by atoms with Crippen LogP contribution in [0, 0.1) is 0 Å². The van der Waals surface area contributed by atoms with Crippen molar-refractivity contribution in [3.63, 3.8) is 0 Å². The van der Waals surface area contributed by atoms with Crippen molar-refractivity contribution in [1.29, 1.82) is 0 Å². The number of carbonyl (C=O) groups is 1. The normalized spacial score (nSPS) is 27.7. The van der Waals surface area contributed by atoms with Gasteiger partial charge in [-0.3, -0.25) is 4.79 Å². The predicted molar refractivity (Wildman–Crippen MR) is 78.8 cm³/mol. The highest BCUT2D eigenvalue weighted by Gasteiger charge is 2.30. The Kier molecular flexibility index (Phi) is 3.39. The maximum Gasteiger partial charge on any atom is 0.231 e. The van der Waals surface area contributed by atoms with Gasteiger partial charge in [0, 0.05) is 12.7 Å². The molecule has 0 aliphatic carbocycles. The predicted octanol–water partition coefficient (Wildman–Crippen LogP) is 3.21. The molecule has 1 amide bonds.